The summed E-state index contributed by atoms with van der Waals surface area (Å²) in [5.74, 6) is 0.931. The molecule has 0 heterocycles. The van der Waals surface area contributed by atoms with E-state index in [4.69, 9.17) is 4.74 Å². The van der Waals surface area contributed by atoms with Gasteiger partial charge in [0.05, 0.1) is 6.10 Å². The van der Waals surface area contributed by atoms with Crippen LogP contribution in [0.3, 0.4) is 0 Å². The third-order valence-electron chi connectivity index (χ3n) is 3.99. The first kappa shape index (κ1) is 16.0. The van der Waals surface area contributed by atoms with Crippen molar-refractivity contribution >= 4 is 0 Å². The molecule has 0 aromatic rings. The van der Waals surface area contributed by atoms with E-state index >= 15 is 0 Å². The summed E-state index contributed by atoms with van der Waals surface area (Å²) >= 11 is 0. The normalized spacial score (nSPS) is 24.3. The van der Waals surface area contributed by atoms with Gasteiger partial charge in [-0.3, -0.25) is 0 Å². The van der Waals surface area contributed by atoms with Gasteiger partial charge in [0.25, 0.3) is 0 Å². The van der Waals surface area contributed by atoms with Crippen molar-refractivity contribution in [3.63, 3.8) is 0 Å². The van der Waals surface area contributed by atoms with Crippen LogP contribution in [0.15, 0.2) is 0 Å². The maximum absolute atomic E-state index is 5.96. The first-order chi connectivity index (χ1) is 8.83. The highest BCUT2D eigenvalue weighted by molar-refractivity contribution is 4.69. The lowest BCUT2D eigenvalue weighted by Crippen LogP contribution is -2.20. The topological polar surface area (TPSA) is 21.3 Å². The molecule has 0 spiro atoms. The Hall–Kier alpha value is -0.0800. The van der Waals surface area contributed by atoms with Gasteiger partial charge in [0.1, 0.15) is 0 Å². The van der Waals surface area contributed by atoms with Crippen molar-refractivity contribution in [2.24, 2.45) is 5.92 Å². The van der Waals surface area contributed by atoms with Crippen LogP contribution in [0.4, 0.5) is 0 Å². The third kappa shape index (κ3) is 8.10. The summed E-state index contributed by atoms with van der Waals surface area (Å²) in [5.41, 5.74) is 0. The van der Waals surface area contributed by atoms with Gasteiger partial charge < -0.3 is 10.1 Å². The minimum Gasteiger partial charge on any atom is -0.378 e. The van der Waals surface area contributed by atoms with Crippen LogP contribution in [0.5, 0.6) is 0 Å². The minimum absolute atomic E-state index is 0.576. The summed E-state index contributed by atoms with van der Waals surface area (Å²) in [6.45, 7) is 7.93. The molecule has 1 saturated carbocycles. The summed E-state index contributed by atoms with van der Waals surface area (Å²) < 4.78 is 5.96. The molecule has 0 radical (unpaired) electrons. The van der Waals surface area contributed by atoms with Gasteiger partial charge in [-0.05, 0) is 64.0 Å². The molecule has 0 aromatic heterocycles. The zero-order valence-electron chi connectivity index (χ0n) is 12.5. The first-order valence-electron chi connectivity index (χ1n) is 8.15. The highest BCUT2D eigenvalue weighted by Gasteiger charge is 2.17. The average molecular weight is 255 g/mol. The van der Waals surface area contributed by atoms with Crippen molar-refractivity contribution < 1.29 is 4.74 Å². The van der Waals surface area contributed by atoms with Gasteiger partial charge in [-0.2, -0.15) is 0 Å². The van der Waals surface area contributed by atoms with Crippen LogP contribution in [-0.4, -0.2) is 25.8 Å². The van der Waals surface area contributed by atoms with E-state index in [9.17, 15) is 0 Å². The van der Waals surface area contributed by atoms with Crippen LogP contribution in [0, 0.1) is 5.92 Å². The zero-order chi connectivity index (χ0) is 13.1. The van der Waals surface area contributed by atoms with Gasteiger partial charge in [0.15, 0.2) is 0 Å². The van der Waals surface area contributed by atoms with Gasteiger partial charge >= 0.3 is 0 Å². The van der Waals surface area contributed by atoms with E-state index in [1.165, 1.54) is 70.9 Å². The molecule has 1 fully saturated rings. The smallest absolute Gasteiger partial charge is 0.0575 e. The second-order valence-electron chi connectivity index (χ2n) is 5.92. The highest BCUT2D eigenvalue weighted by atomic mass is 16.5. The maximum Gasteiger partial charge on any atom is 0.0575 e. The Kier molecular flexibility index (Phi) is 9.59. The van der Waals surface area contributed by atoms with Crippen LogP contribution in [0.1, 0.15) is 71.6 Å². The Labute approximate surface area is 114 Å². The maximum atomic E-state index is 5.96. The van der Waals surface area contributed by atoms with E-state index in [1.807, 2.05) is 0 Å². The quantitative estimate of drug-likeness (QED) is 0.592. The number of rotatable bonds is 10. The molecule has 0 atom stereocenters. The van der Waals surface area contributed by atoms with Crippen molar-refractivity contribution in [1.29, 1.82) is 0 Å². The summed E-state index contributed by atoms with van der Waals surface area (Å²) in [5, 5.41) is 3.45. The van der Waals surface area contributed by atoms with Crippen LogP contribution in [-0.2, 0) is 4.74 Å². The van der Waals surface area contributed by atoms with Gasteiger partial charge in [-0.15, -0.1) is 0 Å². The molecule has 1 aliphatic carbocycles. The molecular weight excluding hydrogens is 222 g/mol. The SMILES string of the molecule is CCCNCCCCCCOC1CCC(C)CC1. The largest absolute Gasteiger partial charge is 0.378 e. The summed E-state index contributed by atoms with van der Waals surface area (Å²) in [6.07, 6.45) is 12.4. The van der Waals surface area contributed by atoms with Gasteiger partial charge in [-0.1, -0.05) is 26.7 Å². The van der Waals surface area contributed by atoms with E-state index in [2.05, 4.69) is 19.2 Å². The van der Waals surface area contributed by atoms with E-state index in [-0.39, 0.29) is 0 Å². The number of hydrogen-bond acceptors (Lipinski definition) is 2. The molecular formula is C16H33NO. The lowest BCUT2D eigenvalue weighted by molar-refractivity contribution is 0.0179. The van der Waals surface area contributed by atoms with E-state index in [0.29, 0.717) is 6.10 Å². The molecule has 0 saturated heterocycles. The molecule has 18 heavy (non-hydrogen) atoms. The van der Waals surface area contributed by atoms with E-state index < -0.39 is 0 Å². The Balaban J connectivity index is 1.78. The molecule has 1 rings (SSSR count). The highest BCUT2D eigenvalue weighted by Crippen LogP contribution is 2.25. The molecule has 0 aliphatic heterocycles. The minimum atomic E-state index is 0.576. The Morgan fingerprint density at radius 3 is 2.39 bits per heavy atom. The van der Waals surface area contributed by atoms with Crippen LogP contribution >= 0.6 is 0 Å². The van der Waals surface area contributed by atoms with E-state index in [0.717, 1.165) is 12.5 Å². The number of nitrogens with one attached hydrogen (secondary N) is 1. The summed E-state index contributed by atoms with van der Waals surface area (Å²) in [6, 6.07) is 0. The predicted molar refractivity (Wildman–Crippen MR) is 79.0 cm³/mol. The Morgan fingerprint density at radius 2 is 1.67 bits per heavy atom. The molecule has 108 valence electrons. The fraction of sp³-hybridized carbons (Fsp3) is 1.00. The molecule has 2 nitrogen and oxygen atoms in total. The molecule has 0 unspecified atom stereocenters. The third-order valence-corrected chi connectivity index (χ3v) is 3.99. The van der Waals surface area contributed by atoms with Crippen LogP contribution in [0.25, 0.3) is 0 Å². The monoisotopic (exact) mass is 255 g/mol. The Morgan fingerprint density at radius 1 is 0.944 bits per heavy atom. The second kappa shape index (κ2) is 10.8. The second-order valence-corrected chi connectivity index (χ2v) is 5.92. The molecule has 1 aliphatic rings. The fourth-order valence-electron chi connectivity index (χ4n) is 2.65. The number of ether oxygens (including phenoxy) is 1. The van der Waals surface area contributed by atoms with Gasteiger partial charge in [0, 0.05) is 6.61 Å². The molecule has 0 aromatic carbocycles. The Bertz CT molecular complexity index is 176. The number of hydrogen-bond donors (Lipinski definition) is 1. The zero-order valence-corrected chi connectivity index (χ0v) is 12.5. The van der Waals surface area contributed by atoms with Crippen LogP contribution in [0.2, 0.25) is 0 Å². The van der Waals surface area contributed by atoms with Crippen molar-refractivity contribution in [2.45, 2.75) is 77.7 Å². The van der Waals surface area contributed by atoms with Crippen molar-refractivity contribution in [3.8, 4) is 0 Å². The first-order valence-corrected chi connectivity index (χ1v) is 8.15. The van der Waals surface area contributed by atoms with Gasteiger partial charge in [0.2, 0.25) is 0 Å². The van der Waals surface area contributed by atoms with Crippen molar-refractivity contribution in [1.82, 2.24) is 5.32 Å². The molecule has 2 heteroatoms. The number of unbranched alkanes of at least 4 members (excludes halogenated alkanes) is 3. The lowest BCUT2D eigenvalue weighted by atomic mass is 9.89. The lowest BCUT2D eigenvalue weighted by Gasteiger charge is -2.26. The molecule has 0 bridgehead atoms. The fourth-order valence-corrected chi connectivity index (χ4v) is 2.65. The summed E-state index contributed by atoms with van der Waals surface area (Å²) in [4.78, 5) is 0. The predicted octanol–water partition coefficient (Wildman–Crippen LogP) is 4.14. The van der Waals surface area contributed by atoms with Crippen LogP contribution < -0.4 is 5.32 Å². The molecule has 0 amide bonds. The molecule has 1 N–H and O–H groups in total. The van der Waals surface area contributed by atoms with Crippen molar-refractivity contribution in [3.05, 3.63) is 0 Å². The van der Waals surface area contributed by atoms with Crippen molar-refractivity contribution in [2.75, 3.05) is 19.7 Å². The van der Waals surface area contributed by atoms with E-state index in [1.54, 1.807) is 0 Å². The van der Waals surface area contributed by atoms with Gasteiger partial charge in [-0.25, -0.2) is 0 Å². The standard InChI is InChI=1S/C16H33NO/c1-3-12-17-13-6-4-5-7-14-18-16-10-8-15(2)9-11-16/h15-17H,3-14H2,1-2H3. The summed E-state index contributed by atoms with van der Waals surface area (Å²) in [7, 11) is 0. The average Bonchev–Trinajstić information content (AvgIpc) is 2.39.